The third-order valence-corrected chi connectivity index (χ3v) is 35.8. The molecule has 0 saturated heterocycles. The molecule has 0 radical (unpaired) electrons. The van der Waals surface area contributed by atoms with Gasteiger partial charge in [0, 0.05) is 0 Å². The van der Waals surface area contributed by atoms with Gasteiger partial charge in [0.25, 0.3) is 0 Å². The Hall–Kier alpha value is -3.52. The van der Waals surface area contributed by atoms with Gasteiger partial charge in [0.2, 0.25) is 0 Å². The van der Waals surface area contributed by atoms with Crippen molar-refractivity contribution in [2.24, 2.45) is 0 Å². The second kappa shape index (κ2) is 13.9. The van der Waals surface area contributed by atoms with Crippen LogP contribution in [0.3, 0.4) is 0 Å². The third-order valence-electron chi connectivity index (χ3n) is 12.6. The first-order chi connectivity index (χ1) is 26.2. The molecule has 0 bridgehead atoms. The normalized spacial score (nSPS) is 18.0. The minimum atomic E-state index is -5.48. The van der Waals surface area contributed by atoms with Crippen LogP contribution < -0.4 is 13.6 Å². The number of rotatable bonds is 9. The van der Waals surface area contributed by atoms with Gasteiger partial charge in [-0.15, -0.1) is 0 Å². The molecule has 1 heterocycles. The Labute approximate surface area is 332 Å². The van der Waals surface area contributed by atoms with Crippen molar-refractivity contribution in [3.05, 3.63) is 172 Å². The van der Waals surface area contributed by atoms with Crippen LogP contribution in [0.15, 0.2) is 139 Å². The van der Waals surface area contributed by atoms with Crippen LogP contribution in [-0.2, 0) is 29.2 Å². The molecule has 4 heteroatoms. The monoisotopic (exact) mass is 835 g/mol. The van der Waals surface area contributed by atoms with E-state index in [1.807, 2.05) is 0 Å². The average Bonchev–Trinajstić information content (AvgIpc) is 3.86. The van der Waals surface area contributed by atoms with Gasteiger partial charge >= 0.3 is 335 Å². The van der Waals surface area contributed by atoms with Gasteiger partial charge in [0.15, 0.2) is 0 Å². The average molecular weight is 838 g/mol. The molecule has 0 N–H and O–H groups in total. The second-order valence-electron chi connectivity index (χ2n) is 15.9. The molecule has 1 aliphatic heterocycles. The van der Waals surface area contributed by atoms with E-state index >= 15 is 0 Å². The first kappa shape index (κ1) is 36.1. The Morgan fingerprint density at radius 3 is 1.54 bits per heavy atom. The van der Waals surface area contributed by atoms with Gasteiger partial charge in [-0.05, 0) is 0 Å². The van der Waals surface area contributed by atoms with E-state index in [4.69, 9.17) is 17.0 Å². The zero-order chi connectivity index (χ0) is 37.2. The number of hydrogen-bond acceptors (Lipinski definition) is 0. The summed E-state index contributed by atoms with van der Waals surface area (Å²) < 4.78 is 1.12. The molecule has 0 nitrogen and oxygen atoms in total. The summed E-state index contributed by atoms with van der Waals surface area (Å²) in [4.78, 5) is 0. The Morgan fingerprint density at radius 2 is 1.02 bits per heavy atom. The molecule has 0 aromatic heterocycles. The fraction of sp³-hybridized carbons (Fsp3) is 0.200. The summed E-state index contributed by atoms with van der Waals surface area (Å²) in [6.45, 7) is 9.20. The van der Waals surface area contributed by atoms with E-state index in [1.165, 1.54) is 91.6 Å². The SMILES string of the molecule is CCCc1ccc2c(c1-c1ccccc1)C=C(C)[CH]2[Zr]([Cl])([Cl])([c]1cccc2c1[SiH2]c1ccccc1-2)[CH]1C(C)=Cc2c1ccc(CCC)c2-c1ccccc1. The van der Waals surface area contributed by atoms with E-state index in [2.05, 4.69) is 167 Å². The van der Waals surface area contributed by atoms with Crippen LogP contribution in [0.25, 0.3) is 45.5 Å². The van der Waals surface area contributed by atoms with E-state index < -0.39 is 25.9 Å². The minimum absolute atomic E-state index is 0.0816. The summed E-state index contributed by atoms with van der Waals surface area (Å²) in [7, 11) is 17.4. The standard InChI is InChI=1S/2C19H19.C12H9Si.2ClH.Zr/c2*1-3-7-15-10-11-17-12-14(2)13-18(17)19(15)16-8-5-4-6-9-16;1-3-7-11-9(5-1)10-6-2-4-8-12(10)13-11;;;/h2*4-6,8-13H,3,7H2,1-2H3;1-7H,13H2;2*1H;/q;;;;;+2/p-2. The molecule has 269 valence electrons. The van der Waals surface area contributed by atoms with Gasteiger partial charge in [0.05, 0.1) is 0 Å². The van der Waals surface area contributed by atoms with Gasteiger partial charge in [-0.1, -0.05) is 0 Å². The van der Waals surface area contributed by atoms with Crippen LogP contribution >= 0.6 is 17.0 Å². The van der Waals surface area contributed by atoms with Crippen molar-refractivity contribution in [2.45, 2.75) is 60.6 Å². The molecular formula is C50H47Cl2SiZr. The predicted molar refractivity (Wildman–Crippen MR) is 236 cm³/mol. The van der Waals surface area contributed by atoms with E-state index in [0.717, 1.165) is 25.7 Å². The number of fused-ring (bicyclic) bond motifs is 5. The number of halogens is 2. The van der Waals surface area contributed by atoms with E-state index in [0.29, 0.717) is 0 Å². The van der Waals surface area contributed by atoms with Crippen molar-refractivity contribution in [3.63, 3.8) is 0 Å². The molecular weight excluding hydrogens is 791 g/mol. The number of aryl methyl sites for hydroxylation is 2. The van der Waals surface area contributed by atoms with E-state index in [-0.39, 0.29) is 7.25 Å². The molecule has 0 fully saturated rings. The zero-order valence-electron chi connectivity index (χ0n) is 31.7. The quantitative estimate of drug-likeness (QED) is 0.127. The molecule has 54 heavy (non-hydrogen) atoms. The first-order valence-corrected chi connectivity index (χ1v) is 31.6. The van der Waals surface area contributed by atoms with E-state index in [9.17, 15) is 0 Å². The Morgan fingerprint density at radius 1 is 0.537 bits per heavy atom. The summed E-state index contributed by atoms with van der Waals surface area (Å²) in [5.74, 6) is 0. The van der Waals surface area contributed by atoms with Crippen LogP contribution in [0.4, 0.5) is 0 Å². The van der Waals surface area contributed by atoms with Crippen LogP contribution in [-0.4, -0.2) is 9.52 Å². The van der Waals surface area contributed by atoms with Crippen LogP contribution in [0.5, 0.6) is 0 Å². The van der Waals surface area contributed by atoms with Crippen molar-refractivity contribution in [1.29, 1.82) is 0 Å². The number of hydrogen-bond donors (Lipinski definition) is 0. The molecule has 0 spiro atoms. The molecule has 6 aromatic rings. The maximum absolute atomic E-state index is 9.12. The summed E-state index contributed by atoms with van der Waals surface area (Å²) in [5, 5.41) is 2.96. The van der Waals surface area contributed by atoms with Crippen LogP contribution in [0.2, 0.25) is 0 Å². The Kier molecular flexibility index (Phi) is 9.30. The fourth-order valence-electron chi connectivity index (χ4n) is 10.6. The molecule has 0 saturated carbocycles. The first-order valence-electron chi connectivity index (χ1n) is 19.8. The Bertz CT molecular complexity index is 2390. The molecule has 2 unspecified atom stereocenters. The van der Waals surface area contributed by atoms with Crippen LogP contribution in [0.1, 0.15) is 81.2 Å². The number of allylic oxidation sites excluding steroid dienone is 2. The number of benzene rings is 6. The third kappa shape index (κ3) is 5.46. The predicted octanol–water partition coefficient (Wildman–Crippen LogP) is 12.0. The van der Waals surface area contributed by atoms with Gasteiger partial charge in [0.1, 0.15) is 0 Å². The summed E-state index contributed by atoms with van der Waals surface area (Å²) in [6.07, 6.45) is 9.17. The topological polar surface area (TPSA) is 0 Å². The fourth-order valence-corrected chi connectivity index (χ4v) is 39.4. The Balaban J connectivity index is 1.35. The van der Waals surface area contributed by atoms with Crippen molar-refractivity contribution >= 4 is 52.3 Å². The van der Waals surface area contributed by atoms with Crippen molar-refractivity contribution < 1.29 is 16.4 Å². The molecule has 6 aromatic carbocycles. The van der Waals surface area contributed by atoms with Gasteiger partial charge in [-0.3, -0.25) is 0 Å². The van der Waals surface area contributed by atoms with E-state index in [1.54, 1.807) is 0 Å². The van der Waals surface area contributed by atoms with Crippen molar-refractivity contribution in [3.8, 4) is 33.4 Å². The molecule has 2 atom stereocenters. The second-order valence-corrected chi connectivity index (χ2v) is 38.3. The summed E-state index contributed by atoms with van der Waals surface area (Å²) in [5.41, 5.74) is 18.6. The molecule has 0 amide bonds. The molecule has 2 aliphatic carbocycles. The zero-order valence-corrected chi connectivity index (χ0v) is 37.1. The molecule has 9 rings (SSSR count). The molecule has 3 aliphatic rings. The summed E-state index contributed by atoms with van der Waals surface area (Å²) in [6, 6.07) is 47.5. The summed E-state index contributed by atoms with van der Waals surface area (Å²) >= 11 is -5.48. The van der Waals surface area contributed by atoms with Gasteiger partial charge < -0.3 is 0 Å². The van der Waals surface area contributed by atoms with Crippen molar-refractivity contribution in [2.75, 3.05) is 0 Å². The van der Waals surface area contributed by atoms with Gasteiger partial charge in [-0.2, -0.15) is 0 Å². The maximum atomic E-state index is 9.12. The van der Waals surface area contributed by atoms with Crippen LogP contribution in [0, 0.1) is 0 Å². The van der Waals surface area contributed by atoms with Crippen molar-refractivity contribution in [1.82, 2.24) is 0 Å². The van der Waals surface area contributed by atoms with Gasteiger partial charge in [-0.25, -0.2) is 0 Å².